The zero-order valence-electron chi connectivity index (χ0n) is 15.3. The summed E-state index contributed by atoms with van der Waals surface area (Å²) < 4.78 is 16.5. The maximum Gasteiger partial charge on any atom is 0.341 e. The van der Waals surface area contributed by atoms with Gasteiger partial charge in [-0.3, -0.25) is 4.79 Å². The highest BCUT2D eigenvalue weighted by atomic mass is 19.1. The summed E-state index contributed by atoms with van der Waals surface area (Å²) in [5.41, 5.74) is 5.65. The quantitative estimate of drug-likeness (QED) is 0.724. The summed E-state index contributed by atoms with van der Waals surface area (Å²) in [5.74, 6) is -2.03. The van der Waals surface area contributed by atoms with Crippen LogP contribution < -0.4 is 16.1 Å². The number of pyridine rings is 2. The largest absolute Gasteiger partial charge is 0.477 e. The first-order valence-corrected chi connectivity index (χ1v) is 8.98. The van der Waals surface area contributed by atoms with Gasteiger partial charge >= 0.3 is 5.97 Å². The van der Waals surface area contributed by atoms with Crippen LogP contribution in [0.15, 0.2) is 22.2 Å². The monoisotopic (exact) mass is 405 g/mol. The second kappa shape index (κ2) is 7.78. The van der Waals surface area contributed by atoms with Crippen molar-refractivity contribution in [3.05, 3.63) is 33.9 Å². The van der Waals surface area contributed by atoms with Gasteiger partial charge < -0.3 is 25.1 Å². The smallest absolute Gasteiger partial charge is 0.341 e. The molecule has 2 aliphatic rings. The van der Waals surface area contributed by atoms with Crippen LogP contribution >= 0.6 is 0 Å². The summed E-state index contributed by atoms with van der Waals surface area (Å²) in [6, 6.07) is 1.14. The molecule has 9 nitrogen and oxygen atoms in total. The molecule has 0 radical (unpaired) electrons. The van der Waals surface area contributed by atoms with Gasteiger partial charge in [-0.25, -0.2) is 14.2 Å². The van der Waals surface area contributed by atoms with Crippen LogP contribution in [0.2, 0.25) is 0 Å². The van der Waals surface area contributed by atoms with Crippen LogP contribution in [0.5, 0.6) is 0 Å². The zero-order chi connectivity index (χ0) is 20.0. The van der Waals surface area contributed by atoms with Crippen molar-refractivity contribution in [1.82, 2.24) is 9.55 Å². The fourth-order valence-corrected chi connectivity index (χ4v) is 3.60. The van der Waals surface area contributed by atoms with E-state index in [2.05, 4.69) is 10.1 Å². The normalized spacial score (nSPS) is 20.2. The number of fused-ring (bicyclic) bond motifs is 1. The van der Waals surface area contributed by atoms with Crippen molar-refractivity contribution in [2.45, 2.75) is 26.3 Å². The molecule has 4 rings (SSSR count). The number of oxime groups is 1. The topological polar surface area (TPSA) is 123 Å². The highest BCUT2D eigenvalue weighted by Crippen LogP contribution is 2.37. The number of hydrogen-bond acceptors (Lipinski definition) is 7. The minimum Gasteiger partial charge on any atom is -0.477 e. The number of halogens is 1. The third kappa shape index (κ3) is 3.55. The van der Waals surface area contributed by atoms with E-state index in [0.717, 1.165) is 18.9 Å². The Morgan fingerprint density at radius 3 is 2.79 bits per heavy atom. The lowest BCUT2D eigenvalue weighted by atomic mass is 10.1. The summed E-state index contributed by atoms with van der Waals surface area (Å²) >= 11 is 0. The Labute approximate surface area is 166 Å². The molecule has 1 atom stereocenters. The molecule has 156 valence electrons. The Hall–Kier alpha value is -3.01. The van der Waals surface area contributed by atoms with E-state index >= 15 is 0 Å². The van der Waals surface area contributed by atoms with Gasteiger partial charge in [0.1, 0.15) is 18.3 Å². The van der Waals surface area contributed by atoms with Crippen molar-refractivity contribution in [3.8, 4) is 0 Å². The zero-order valence-corrected chi connectivity index (χ0v) is 15.3. The van der Waals surface area contributed by atoms with Crippen molar-refractivity contribution >= 4 is 28.5 Å². The van der Waals surface area contributed by atoms with Crippen LogP contribution in [-0.4, -0.2) is 53.1 Å². The van der Waals surface area contributed by atoms with E-state index in [9.17, 15) is 19.1 Å². The van der Waals surface area contributed by atoms with Crippen LogP contribution in [0.1, 0.15) is 36.7 Å². The van der Waals surface area contributed by atoms with E-state index < -0.39 is 17.2 Å². The number of aromatic carboxylic acids is 1. The van der Waals surface area contributed by atoms with E-state index in [1.54, 1.807) is 9.47 Å². The summed E-state index contributed by atoms with van der Waals surface area (Å²) in [6.07, 6.45) is 3.02. The Morgan fingerprint density at radius 2 is 2.21 bits per heavy atom. The summed E-state index contributed by atoms with van der Waals surface area (Å²) in [6.45, 7) is 1.07. The highest BCUT2D eigenvalue weighted by molar-refractivity contribution is 5.95. The Morgan fingerprint density at radius 1 is 1.48 bits per heavy atom. The van der Waals surface area contributed by atoms with Crippen molar-refractivity contribution in [3.63, 3.8) is 0 Å². The van der Waals surface area contributed by atoms with Gasteiger partial charge in [-0.2, -0.15) is 0 Å². The standard InChI is InChI=1S/C18H20FN5O4.CH4/c1-28-22-14-8-23(6-9(14)5-20)17-13(19)4-11-15(25)12(18(26)27)7-24(10-2-3-10)16(11)21-17;/h4,7,9-10H,2-3,5-6,8,20H2,1H3,(H,26,27);1H4/b22-14+;. The third-order valence-corrected chi connectivity index (χ3v) is 5.17. The minimum absolute atomic E-state index is 0. The van der Waals surface area contributed by atoms with Gasteiger partial charge in [-0.15, -0.1) is 0 Å². The van der Waals surface area contributed by atoms with Crippen LogP contribution in [0.3, 0.4) is 0 Å². The Kier molecular flexibility index (Phi) is 5.56. The molecule has 1 aliphatic heterocycles. The first-order chi connectivity index (χ1) is 13.4. The minimum atomic E-state index is -1.34. The molecule has 1 saturated carbocycles. The average Bonchev–Trinajstić information content (AvgIpc) is 3.42. The lowest BCUT2D eigenvalue weighted by Crippen LogP contribution is -2.26. The van der Waals surface area contributed by atoms with E-state index in [1.165, 1.54) is 13.3 Å². The fraction of sp³-hybridized carbons (Fsp3) is 0.474. The molecule has 2 aromatic rings. The van der Waals surface area contributed by atoms with Gasteiger partial charge in [-0.1, -0.05) is 12.6 Å². The molecule has 0 spiro atoms. The summed E-state index contributed by atoms with van der Waals surface area (Å²) in [7, 11) is 1.44. The number of anilines is 1. The molecule has 2 aromatic heterocycles. The third-order valence-electron chi connectivity index (χ3n) is 5.17. The van der Waals surface area contributed by atoms with Crippen LogP contribution in [0.25, 0.3) is 11.0 Å². The average molecular weight is 405 g/mol. The predicted molar refractivity (Wildman–Crippen MR) is 107 cm³/mol. The second-order valence-electron chi connectivity index (χ2n) is 7.06. The number of nitrogens with two attached hydrogens (primary N) is 1. The van der Waals surface area contributed by atoms with Crippen molar-refractivity contribution < 1.29 is 19.1 Å². The molecule has 1 aliphatic carbocycles. The molecule has 3 N–H and O–H groups in total. The molecule has 1 saturated heterocycles. The van der Waals surface area contributed by atoms with E-state index in [-0.39, 0.29) is 41.8 Å². The molecule has 0 aromatic carbocycles. The number of nitrogens with zero attached hydrogens (tertiary/aromatic N) is 4. The molecule has 3 heterocycles. The van der Waals surface area contributed by atoms with Gasteiger partial charge in [0.2, 0.25) is 5.43 Å². The Balaban J connectivity index is 0.00000240. The van der Waals surface area contributed by atoms with Gasteiger partial charge in [0.15, 0.2) is 11.6 Å². The summed E-state index contributed by atoms with van der Waals surface area (Å²) in [5, 5.41) is 13.2. The SMILES string of the molecule is C.CO/N=C1\CN(c2nc3c(cc2F)c(=O)c(C(=O)O)cn3C2CC2)CC1CN. The number of hydrogen-bond donors (Lipinski definition) is 2. The molecule has 29 heavy (non-hydrogen) atoms. The first-order valence-electron chi connectivity index (χ1n) is 8.98. The predicted octanol–water partition coefficient (Wildman–Crippen LogP) is 1.60. The van der Waals surface area contributed by atoms with Crippen LogP contribution in [0, 0.1) is 11.7 Å². The van der Waals surface area contributed by atoms with Crippen LogP contribution in [0.4, 0.5) is 10.2 Å². The van der Waals surface area contributed by atoms with E-state index in [4.69, 9.17) is 10.6 Å². The van der Waals surface area contributed by atoms with Gasteiger partial charge in [0.05, 0.1) is 17.6 Å². The molecule has 0 bridgehead atoms. The van der Waals surface area contributed by atoms with Gasteiger partial charge in [0.25, 0.3) is 0 Å². The maximum absolute atomic E-state index is 14.9. The Bertz CT molecular complexity index is 1050. The fourth-order valence-electron chi connectivity index (χ4n) is 3.60. The number of carbonyl (C=O) groups is 1. The van der Waals surface area contributed by atoms with Gasteiger partial charge in [-0.05, 0) is 18.9 Å². The second-order valence-corrected chi connectivity index (χ2v) is 7.06. The van der Waals surface area contributed by atoms with E-state index in [1.807, 2.05) is 0 Å². The lowest BCUT2D eigenvalue weighted by molar-refractivity contribution is 0.0695. The van der Waals surface area contributed by atoms with Gasteiger partial charge in [0, 0.05) is 31.2 Å². The van der Waals surface area contributed by atoms with Crippen molar-refractivity contribution in [2.75, 3.05) is 31.6 Å². The summed E-state index contributed by atoms with van der Waals surface area (Å²) in [4.78, 5) is 34.9. The van der Waals surface area contributed by atoms with E-state index in [0.29, 0.717) is 25.3 Å². The molecular formula is C19H24FN5O4. The van der Waals surface area contributed by atoms with Crippen LogP contribution in [-0.2, 0) is 4.84 Å². The maximum atomic E-state index is 14.9. The number of aromatic nitrogens is 2. The first kappa shape index (κ1) is 20.7. The molecular weight excluding hydrogens is 381 g/mol. The van der Waals surface area contributed by atoms with Crippen molar-refractivity contribution in [2.24, 2.45) is 16.8 Å². The van der Waals surface area contributed by atoms with Crippen molar-refractivity contribution in [1.29, 1.82) is 0 Å². The molecule has 1 unspecified atom stereocenters. The molecule has 2 fully saturated rings. The lowest BCUT2D eigenvalue weighted by Gasteiger charge is -2.19. The number of carboxylic acids is 1. The molecule has 10 heteroatoms. The number of rotatable bonds is 5. The highest BCUT2D eigenvalue weighted by Gasteiger charge is 2.33. The molecule has 0 amide bonds. The number of carboxylic acid groups (broad SMARTS) is 1.